The molecule has 0 radical (unpaired) electrons. The summed E-state index contributed by atoms with van der Waals surface area (Å²) in [5.41, 5.74) is 1.37. The Morgan fingerprint density at radius 2 is 1.95 bits per heavy atom. The number of rotatable bonds is 5. The van der Waals surface area contributed by atoms with E-state index in [1.807, 2.05) is 0 Å². The summed E-state index contributed by atoms with van der Waals surface area (Å²) in [7, 11) is 0. The minimum Gasteiger partial charge on any atom is -0.310 e. The van der Waals surface area contributed by atoms with Gasteiger partial charge in [-0.3, -0.25) is 0 Å². The maximum absolute atomic E-state index is 6.33. The van der Waals surface area contributed by atoms with Crippen molar-refractivity contribution in [3.63, 3.8) is 0 Å². The smallest absolute Gasteiger partial charge is 0.0542 e. The van der Waals surface area contributed by atoms with Gasteiger partial charge in [-0.15, -0.1) is 0 Å². The third-order valence-corrected chi connectivity index (χ3v) is 5.86. The summed E-state index contributed by atoms with van der Waals surface area (Å²) in [6.07, 6.45) is 9.46. The van der Waals surface area contributed by atoms with Gasteiger partial charge >= 0.3 is 0 Å². The quantitative estimate of drug-likeness (QED) is 0.471. The molecule has 20 heavy (non-hydrogen) atoms. The fourth-order valence-corrected chi connectivity index (χ4v) is 3.73. The van der Waals surface area contributed by atoms with Crippen molar-refractivity contribution >= 4 is 34.2 Å². The van der Waals surface area contributed by atoms with E-state index in [9.17, 15) is 0 Å². The predicted octanol–water partition coefficient (Wildman–Crippen LogP) is 5.96. The lowest BCUT2D eigenvalue weighted by atomic mass is 9.87. The zero-order valence-electron chi connectivity index (χ0n) is 12.3. The third kappa shape index (κ3) is 4.60. The number of halogens is 2. The van der Waals surface area contributed by atoms with E-state index in [0.717, 1.165) is 21.1 Å². The number of benzene rings is 1. The Labute approximate surface area is 142 Å². The summed E-state index contributed by atoms with van der Waals surface area (Å²) in [5, 5.41) is 4.66. The molecule has 1 aromatic carbocycles. The van der Waals surface area contributed by atoms with Gasteiger partial charge in [0, 0.05) is 9.61 Å². The largest absolute Gasteiger partial charge is 0.310 e. The van der Waals surface area contributed by atoms with Crippen molar-refractivity contribution in [2.75, 3.05) is 6.54 Å². The maximum Gasteiger partial charge on any atom is 0.0542 e. The number of nitrogens with one attached hydrogen (secondary N) is 1. The third-order valence-electron chi connectivity index (χ3n) is 4.29. The van der Waals surface area contributed by atoms with Crippen LogP contribution in [-0.2, 0) is 0 Å². The van der Waals surface area contributed by atoms with Gasteiger partial charge in [-0.05, 0) is 72.0 Å². The molecule has 1 N–H and O–H groups in total. The lowest BCUT2D eigenvalue weighted by Crippen LogP contribution is -2.29. The van der Waals surface area contributed by atoms with Crippen molar-refractivity contribution in [2.24, 2.45) is 5.92 Å². The molecule has 1 aliphatic carbocycles. The van der Waals surface area contributed by atoms with Gasteiger partial charge in [0.1, 0.15) is 0 Å². The van der Waals surface area contributed by atoms with Crippen LogP contribution in [0.4, 0.5) is 0 Å². The topological polar surface area (TPSA) is 12.0 Å². The molecule has 0 amide bonds. The molecule has 112 valence electrons. The van der Waals surface area contributed by atoms with Crippen LogP contribution in [0.3, 0.4) is 0 Å². The SMILES string of the molecule is CCCNC(c1ccc(I)c(Cl)c1)C1CCCCCC1. The molecule has 1 aromatic rings. The molecule has 1 aliphatic rings. The van der Waals surface area contributed by atoms with E-state index < -0.39 is 0 Å². The van der Waals surface area contributed by atoms with Gasteiger partial charge in [-0.1, -0.05) is 50.3 Å². The van der Waals surface area contributed by atoms with E-state index in [-0.39, 0.29) is 0 Å². The highest BCUT2D eigenvalue weighted by Gasteiger charge is 2.24. The van der Waals surface area contributed by atoms with Gasteiger partial charge in [0.2, 0.25) is 0 Å². The standard InChI is InChI=1S/C17H25ClIN/c1-2-11-20-17(13-7-5-3-4-6-8-13)14-9-10-16(19)15(18)12-14/h9-10,12-13,17,20H,2-8,11H2,1H3. The average molecular weight is 406 g/mol. The van der Waals surface area contributed by atoms with E-state index in [1.54, 1.807) is 0 Å². The monoisotopic (exact) mass is 405 g/mol. The van der Waals surface area contributed by atoms with Crippen LogP contribution < -0.4 is 5.32 Å². The van der Waals surface area contributed by atoms with Crippen LogP contribution in [0.5, 0.6) is 0 Å². The second-order valence-electron chi connectivity index (χ2n) is 5.86. The van der Waals surface area contributed by atoms with Crippen molar-refractivity contribution in [3.05, 3.63) is 32.4 Å². The van der Waals surface area contributed by atoms with Crippen molar-refractivity contribution < 1.29 is 0 Å². The van der Waals surface area contributed by atoms with Crippen LogP contribution in [0.1, 0.15) is 63.5 Å². The Morgan fingerprint density at radius 3 is 2.55 bits per heavy atom. The first-order valence-electron chi connectivity index (χ1n) is 7.90. The molecular weight excluding hydrogens is 381 g/mol. The van der Waals surface area contributed by atoms with Crippen LogP contribution in [0.25, 0.3) is 0 Å². The second kappa shape index (κ2) is 8.60. The zero-order valence-corrected chi connectivity index (χ0v) is 15.2. The van der Waals surface area contributed by atoms with Crippen LogP contribution >= 0.6 is 34.2 Å². The fraction of sp³-hybridized carbons (Fsp3) is 0.647. The Balaban J connectivity index is 2.18. The van der Waals surface area contributed by atoms with E-state index in [2.05, 4.69) is 53.0 Å². The number of hydrogen-bond donors (Lipinski definition) is 1. The molecule has 1 saturated carbocycles. The molecule has 3 heteroatoms. The summed E-state index contributed by atoms with van der Waals surface area (Å²) < 4.78 is 1.14. The van der Waals surface area contributed by atoms with Crippen LogP contribution in [0.15, 0.2) is 18.2 Å². The van der Waals surface area contributed by atoms with Crippen LogP contribution in [0.2, 0.25) is 5.02 Å². The molecule has 1 unspecified atom stereocenters. The van der Waals surface area contributed by atoms with E-state index in [4.69, 9.17) is 11.6 Å². The van der Waals surface area contributed by atoms with Gasteiger partial charge in [-0.25, -0.2) is 0 Å². The molecule has 0 aliphatic heterocycles. The van der Waals surface area contributed by atoms with E-state index in [0.29, 0.717) is 6.04 Å². The Bertz CT molecular complexity index is 413. The molecule has 2 rings (SSSR count). The van der Waals surface area contributed by atoms with Gasteiger partial charge in [-0.2, -0.15) is 0 Å². The predicted molar refractivity (Wildman–Crippen MR) is 96.4 cm³/mol. The summed E-state index contributed by atoms with van der Waals surface area (Å²) in [6.45, 7) is 3.32. The summed E-state index contributed by atoms with van der Waals surface area (Å²) in [5.74, 6) is 0.764. The molecular formula is C17H25ClIN. The summed E-state index contributed by atoms with van der Waals surface area (Å²) >= 11 is 8.63. The maximum atomic E-state index is 6.33. The van der Waals surface area contributed by atoms with Crippen molar-refractivity contribution in [1.29, 1.82) is 0 Å². The zero-order chi connectivity index (χ0) is 14.4. The van der Waals surface area contributed by atoms with Gasteiger partial charge in [0.25, 0.3) is 0 Å². The Hall–Kier alpha value is 0.200. The Kier molecular flexibility index (Phi) is 7.12. The van der Waals surface area contributed by atoms with E-state index >= 15 is 0 Å². The van der Waals surface area contributed by atoms with Crippen molar-refractivity contribution in [3.8, 4) is 0 Å². The molecule has 0 bridgehead atoms. The molecule has 1 nitrogen and oxygen atoms in total. The van der Waals surface area contributed by atoms with Gasteiger partial charge in [0.15, 0.2) is 0 Å². The second-order valence-corrected chi connectivity index (χ2v) is 7.43. The molecule has 0 spiro atoms. The first-order chi connectivity index (χ1) is 9.72. The normalized spacial score (nSPS) is 18.8. The Morgan fingerprint density at radius 1 is 1.25 bits per heavy atom. The molecule has 0 heterocycles. The molecule has 1 atom stereocenters. The van der Waals surface area contributed by atoms with Crippen molar-refractivity contribution in [1.82, 2.24) is 5.32 Å². The number of hydrogen-bond acceptors (Lipinski definition) is 1. The highest BCUT2D eigenvalue weighted by molar-refractivity contribution is 14.1. The van der Waals surface area contributed by atoms with Crippen LogP contribution in [-0.4, -0.2) is 6.54 Å². The summed E-state index contributed by atoms with van der Waals surface area (Å²) in [6, 6.07) is 7.05. The minimum atomic E-state index is 0.475. The molecule has 0 saturated heterocycles. The first-order valence-corrected chi connectivity index (χ1v) is 9.36. The fourth-order valence-electron chi connectivity index (χ4n) is 3.21. The lowest BCUT2D eigenvalue weighted by molar-refractivity contribution is 0.326. The first kappa shape index (κ1) is 16.6. The molecule has 0 aromatic heterocycles. The lowest BCUT2D eigenvalue weighted by Gasteiger charge is -2.28. The summed E-state index contributed by atoms with van der Waals surface area (Å²) in [4.78, 5) is 0. The minimum absolute atomic E-state index is 0.475. The average Bonchev–Trinajstić information content (AvgIpc) is 2.72. The van der Waals surface area contributed by atoms with Crippen molar-refractivity contribution in [2.45, 2.75) is 57.9 Å². The van der Waals surface area contributed by atoms with Gasteiger partial charge < -0.3 is 5.32 Å². The van der Waals surface area contributed by atoms with Gasteiger partial charge in [0.05, 0.1) is 5.02 Å². The van der Waals surface area contributed by atoms with E-state index in [1.165, 1.54) is 50.5 Å². The highest BCUT2D eigenvalue weighted by atomic mass is 127. The van der Waals surface area contributed by atoms with Crippen LogP contribution in [0, 0.1) is 9.49 Å². The highest BCUT2D eigenvalue weighted by Crippen LogP contribution is 2.35. The molecule has 1 fully saturated rings.